The predicted molar refractivity (Wildman–Crippen MR) is 121 cm³/mol. The van der Waals surface area contributed by atoms with Gasteiger partial charge in [0.05, 0.1) is 5.02 Å². The minimum absolute atomic E-state index is 0.0207. The Morgan fingerprint density at radius 3 is 2.90 bits per heavy atom. The molecule has 0 aliphatic carbocycles. The lowest BCUT2D eigenvalue weighted by Gasteiger charge is -2.35. The summed E-state index contributed by atoms with van der Waals surface area (Å²) >= 11 is 6.51. The number of likely N-dealkylation sites (tertiary alicyclic amines) is 1. The number of H-pyrrole nitrogens is 1. The number of nitrogens with one attached hydrogen (secondary N) is 1. The van der Waals surface area contributed by atoms with E-state index in [0.29, 0.717) is 22.6 Å². The van der Waals surface area contributed by atoms with Crippen molar-refractivity contribution < 1.29 is 4.79 Å². The van der Waals surface area contributed by atoms with E-state index in [4.69, 9.17) is 11.6 Å². The second-order valence-electron chi connectivity index (χ2n) is 8.43. The number of amides is 1. The number of hydrogen-bond donors (Lipinski definition) is 1. The van der Waals surface area contributed by atoms with Crippen LogP contribution in [0.2, 0.25) is 5.02 Å². The number of rotatable bonds is 5. The topological polar surface area (TPSA) is 65.1 Å². The van der Waals surface area contributed by atoms with Gasteiger partial charge in [0.1, 0.15) is 17.3 Å². The molecule has 3 heterocycles. The van der Waals surface area contributed by atoms with Crippen LogP contribution in [0.5, 0.6) is 0 Å². The minimum Gasteiger partial charge on any atom is -0.359 e. The molecule has 1 atom stereocenters. The molecule has 0 spiro atoms. The Hall–Kier alpha value is -2.60. The van der Waals surface area contributed by atoms with Gasteiger partial charge in [0.15, 0.2) is 0 Å². The first-order valence-electron chi connectivity index (χ1n) is 10.5. The van der Waals surface area contributed by atoms with Crippen molar-refractivity contribution >= 4 is 34.2 Å². The van der Waals surface area contributed by atoms with Gasteiger partial charge >= 0.3 is 0 Å². The molecule has 0 bridgehead atoms. The number of halogens is 1. The van der Waals surface area contributed by atoms with Crippen molar-refractivity contribution in [2.45, 2.75) is 32.6 Å². The molecule has 30 heavy (non-hydrogen) atoms. The molecule has 158 valence electrons. The first-order chi connectivity index (χ1) is 14.4. The quantitative estimate of drug-likeness (QED) is 0.642. The van der Waals surface area contributed by atoms with Gasteiger partial charge in [-0.05, 0) is 30.9 Å². The van der Waals surface area contributed by atoms with Crippen LogP contribution in [0.3, 0.4) is 0 Å². The number of aromatic amines is 1. The summed E-state index contributed by atoms with van der Waals surface area (Å²) in [6.07, 6.45) is 3.91. The maximum absolute atomic E-state index is 13.2. The number of benzene rings is 1. The summed E-state index contributed by atoms with van der Waals surface area (Å²) in [5, 5.41) is 1.40. The minimum atomic E-state index is -0.0207. The van der Waals surface area contributed by atoms with Crippen LogP contribution < -0.4 is 4.90 Å². The van der Waals surface area contributed by atoms with Crippen LogP contribution in [0.25, 0.3) is 10.9 Å². The van der Waals surface area contributed by atoms with E-state index in [1.807, 2.05) is 41.4 Å². The summed E-state index contributed by atoms with van der Waals surface area (Å²) in [4.78, 5) is 29.5. The number of nitrogens with zero attached hydrogens (tertiary/aromatic N) is 4. The summed E-state index contributed by atoms with van der Waals surface area (Å²) in [6.45, 7) is 6.52. The molecule has 1 saturated heterocycles. The number of anilines is 1. The molecule has 1 N–H and O–H groups in total. The van der Waals surface area contributed by atoms with Crippen LogP contribution in [-0.4, -0.2) is 52.4 Å². The third kappa shape index (κ3) is 4.15. The number of aromatic nitrogens is 3. The summed E-state index contributed by atoms with van der Waals surface area (Å²) in [7, 11) is 2.06. The van der Waals surface area contributed by atoms with E-state index >= 15 is 0 Å². The molecule has 4 rings (SSSR count). The molecular formula is C23H28ClN5O. The lowest BCUT2D eigenvalue weighted by molar-refractivity contribution is 0.0672. The Balaban J connectivity index is 1.45. The number of carbonyl (C=O) groups is 1. The van der Waals surface area contributed by atoms with Crippen molar-refractivity contribution in [1.29, 1.82) is 0 Å². The molecule has 1 fully saturated rings. The van der Waals surface area contributed by atoms with E-state index in [0.717, 1.165) is 55.0 Å². The Bertz CT molecular complexity index is 1050. The third-order valence-corrected chi connectivity index (χ3v) is 6.15. The highest BCUT2D eigenvalue weighted by atomic mass is 35.5. The Kier molecular flexibility index (Phi) is 5.95. The van der Waals surface area contributed by atoms with E-state index < -0.39 is 0 Å². The molecule has 6 nitrogen and oxygen atoms in total. The average molecular weight is 426 g/mol. The Morgan fingerprint density at radius 2 is 2.13 bits per heavy atom. The van der Waals surface area contributed by atoms with Crippen LogP contribution in [0.1, 0.15) is 48.9 Å². The van der Waals surface area contributed by atoms with Gasteiger partial charge in [-0.1, -0.05) is 43.6 Å². The molecule has 0 radical (unpaired) electrons. The Labute approximate surface area is 182 Å². The van der Waals surface area contributed by atoms with Gasteiger partial charge in [-0.3, -0.25) is 4.79 Å². The number of para-hydroxylation sites is 1. The second-order valence-corrected chi connectivity index (χ2v) is 8.81. The van der Waals surface area contributed by atoms with Crippen molar-refractivity contribution in [2.75, 3.05) is 31.6 Å². The molecule has 1 amide bonds. The van der Waals surface area contributed by atoms with Crippen LogP contribution in [0.4, 0.5) is 5.82 Å². The van der Waals surface area contributed by atoms with Gasteiger partial charge in [0.25, 0.3) is 5.91 Å². The molecular weight excluding hydrogens is 398 g/mol. The molecule has 2 aromatic heterocycles. The smallest absolute Gasteiger partial charge is 0.271 e. The van der Waals surface area contributed by atoms with Crippen molar-refractivity contribution in [2.24, 2.45) is 5.92 Å². The van der Waals surface area contributed by atoms with E-state index in [1.165, 1.54) is 0 Å². The standard InChI is InChI=1S/C23H28ClN5O/c1-15(2)22-25-11-10-19(27-22)28(3)13-16-7-6-12-29(14-16)23(30)21-20(24)17-8-4-5-9-18(17)26-21/h4-5,8-11,15-16,26H,6-7,12-14H2,1-3H3. The lowest BCUT2D eigenvalue weighted by Crippen LogP contribution is -2.43. The lowest BCUT2D eigenvalue weighted by atomic mass is 9.97. The number of piperidine rings is 1. The molecule has 0 saturated carbocycles. The average Bonchev–Trinajstić information content (AvgIpc) is 3.10. The predicted octanol–water partition coefficient (Wildman–Crippen LogP) is 4.72. The summed E-state index contributed by atoms with van der Waals surface area (Å²) in [5.74, 6) is 2.44. The van der Waals surface area contributed by atoms with Crippen LogP contribution in [-0.2, 0) is 0 Å². The van der Waals surface area contributed by atoms with Gasteiger partial charge in [0, 0.05) is 49.7 Å². The number of fused-ring (bicyclic) bond motifs is 1. The number of carbonyl (C=O) groups excluding carboxylic acids is 1. The molecule has 3 aromatic rings. The Morgan fingerprint density at radius 1 is 1.33 bits per heavy atom. The zero-order valence-corrected chi connectivity index (χ0v) is 18.5. The highest BCUT2D eigenvalue weighted by Crippen LogP contribution is 2.29. The van der Waals surface area contributed by atoms with E-state index in [-0.39, 0.29) is 5.91 Å². The van der Waals surface area contributed by atoms with Crippen molar-refractivity contribution in [3.05, 3.63) is 53.1 Å². The summed E-state index contributed by atoms with van der Waals surface area (Å²) in [6, 6.07) is 9.70. The fraction of sp³-hybridized carbons (Fsp3) is 0.435. The highest BCUT2D eigenvalue weighted by molar-refractivity contribution is 6.38. The molecule has 1 aliphatic heterocycles. The van der Waals surface area contributed by atoms with Crippen molar-refractivity contribution in [3.63, 3.8) is 0 Å². The largest absolute Gasteiger partial charge is 0.359 e. The zero-order chi connectivity index (χ0) is 21.3. The van der Waals surface area contributed by atoms with Crippen LogP contribution in [0.15, 0.2) is 36.5 Å². The van der Waals surface area contributed by atoms with E-state index in [2.05, 4.69) is 40.7 Å². The SMILES string of the molecule is CC(C)c1nccc(N(C)CC2CCCN(C(=O)c3[nH]c4ccccc4c3Cl)C2)n1. The monoisotopic (exact) mass is 425 g/mol. The second kappa shape index (κ2) is 8.64. The van der Waals surface area contributed by atoms with E-state index in [9.17, 15) is 4.79 Å². The van der Waals surface area contributed by atoms with Crippen LogP contribution >= 0.6 is 11.6 Å². The summed E-state index contributed by atoms with van der Waals surface area (Å²) in [5.41, 5.74) is 1.38. The molecule has 7 heteroatoms. The van der Waals surface area contributed by atoms with Gasteiger partial charge in [-0.25, -0.2) is 9.97 Å². The first kappa shape index (κ1) is 20.7. The maximum Gasteiger partial charge on any atom is 0.271 e. The number of hydrogen-bond acceptors (Lipinski definition) is 4. The zero-order valence-electron chi connectivity index (χ0n) is 17.7. The highest BCUT2D eigenvalue weighted by Gasteiger charge is 2.28. The maximum atomic E-state index is 13.2. The van der Waals surface area contributed by atoms with Gasteiger partial charge in [0.2, 0.25) is 0 Å². The van der Waals surface area contributed by atoms with Gasteiger partial charge in [-0.2, -0.15) is 0 Å². The fourth-order valence-electron chi connectivity index (χ4n) is 4.15. The first-order valence-corrected chi connectivity index (χ1v) is 10.9. The normalized spacial score (nSPS) is 17.0. The van der Waals surface area contributed by atoms with Gasteiger partial charge in [-0.15, -0.1) is 0 Å². The van der Waals surface area contributed by atoms with E-state index in [1.54, 1.807) is 0 Å². The molecule has 1 aromatic carbocycles. The van der Waals surface area contributed by atoms with Crippen molar-refractivity contribution in [1.82, 2.24) is 19.9 Å². The third-order valence-electron chi connectivity index (χ3n) is 5.76. The summed E-state index contributed by atoms with van der Waals surface area (Å²) < 4.78 is 0. The molecule has 1 aliphatic rings. The van der Waals surface area contributed by atoms with Crippen LogP contribution in [0, 0.1) is 5.92 Å². The molecule has 1 unspecified atom stereocenters. The fourth-order valence-corrected chi connectivity index (χ4v) is 4.44. The van der Waals surface area contributed by atoms with Crippen molar-refractivity contribution in [3.8, 4) is 0 Å². The van der Waals surface area contributed by atoms with Gasteiger partial charge < -0.3 is 14.8 Å².